The second-order valence-corrected chi connectivity index (χ2v) is 4.59. The summed E-state index contributed by atoms with van der Waals surface area (Å²) >= 11 is 0. The fourth-order valence-corrected chi connectivity index (χ4v) is 2.12. The summed E-state index contributed by atoms with van der Waals surface area (Å²) < 4.78 is 10.5. The Balaban J connectivity index is 1.89. The van der Waals surface area contributed by atoms with Crippen molar-refractivity contribution >= 4 is 11.9 Å². The number of ether oxygens (including phenoxy) is 1. The van der Waals surface area contributed by atoms with Gasteiger partial charge in [-0.25, -0.2) is 4.79 Å². The highest BCUT2D eigenvalue weighted by Crippen LogP contribution is 2.17. The van der Waals surface area contributed by atoms with Crippen molar-refractivity contribution in [3.05, 3.63) is 23.2 Å². The molecule has 1 fully saturated rings. The molecule has 0 bridgehead atoms. The molecular weight excluding hydrogens is 250 g/mol. The Labute approximate surface area is 110 Å². The van der Waals surface area contributed by atoms with Crippen LogP contribution in [0.25, 0.3) is 0 Å². The predicted molar refractivity (Wildman–Crippen MR) is 65.8 cm³/mol. The molecule has 2 rings (SSSR count). The van der Waals surface area contributed by atoms with Gasteiger partial charge >= 0.3 is 5.97 Å². The molecule has 19 heavy (non-hydrogen) atoms. The van der Waals surface area contributed by atoms with E-state index in [1.807, 2.05) is 0 Å². The summed E-state index contributed by atoms with van der Waals surface area (Å²) in [5.74, 6) is -0.278. The number of aryl methyl sites for hydroxylation is 1. The number of nitrogens with one attached hydrogen (secondary N) is 1. The molecule has 6 heteroatoms. The van der Waals surface area contributed by atoms with E-state index < -0.39 is 5.97 Å². The SMILES string of the molecule is Cc1oc(CNC(=O)C2CCOCC2)cc1C(=O)O. The van der Waals surface area contributed by atoms with Crippen LogP contribution in [0.5, 0.6) is 0 Å². The topological polar surface area (TPSA) is 88.8 Å². The summed E-state index contributed by atoms with van der Waals surface area (Å²) in [5, 5.41) is 11.7. The number of hydrogen-bond donors (Lipinski definition) is 2. The Morgan fingerprint density at radius 3 is 2.68 bits per heavy atom. The number of furan rings is 1. The largest absolute Gasteiger partial charge is 0.478 e. The van der Waals surface area contributed by atoms with Crippen LogP contribution in [0.2, 0.25) is 0 Å². The molecule has 1 aromatic rings. The maximum absolute atomic E-state index is 11.9. The molecule has 104 valence electrons. The van der Waals surface area contributed by atoms with Gasteiger partial charge in [0, 0.05) is 19.1 Å². The summed E-state index contributed by atoms with van der Waals surface area (Å²) in [5.41, 5.74) is 0.135. The molecule has 1 amide bonds. The first kappa shape index (κ1) is 13.6. The van der Waals surface area contributed by atoms with Crippen LogP contribution in [0.1, 0.15) is 34.7 Å². The van der Waals surface area contributed by atoms with E-state index in [2.05, 4.69) is 5.32 Å². The molecule has 1 aliphatic heterocycles. The van der Waals surface area contributed by atoms with Gasteiger partial charge < -0.3 is 19.6 Å². The lowest BCUT2D eigenvalue weighted by molar-refractivity contribution is -0.128. The maximum atomic E-state index is 11.9. The van der Waals surface area contributed by atoms with Gasteiger partial charge in [0.05, 0.1) is 6.54 Å². The van der Waals surface area contributed by atoms with Crippen LogP contribution in [0.4, 0.5) is 0 Å². The monoisotopic (exact) mass is 267 g/mol. The van der Waals surface area contributed by atoms with Crippen LogP contribution < -0.4 is 5.32 Å². The van der Waals surface area contributed by atoms with Crippen LogP contribution in [-0.4, -0.2) is 30.2 Å². The molecule has 6 nitrogen and oxygen atoms in total. The average molecular weight is 267 g/mol. The number of carboxylic acid groups (broad SMARTS) is 1. The van der Waals surface area contributed by atoms with Crippen molar-refractivity contribution in [2.75, 3.05) is 13.2 Å². The normalized spacial score (nSPS) is 16.3. The van der Waals surface area contributed by atoms with E-state index >= 15 is 0 Å². The summed E-state index contributed by atoms with van der Waals surface area (Å²) in [6, 6.07) is 1.45. The van der Waals surface area contributed by atoms with Gasteiger partial charge in [0.2, 0.25) is 5.91 Å². The molecule has 1 aliphatic rings. The minimum atomic E-state index is -1.02. The summed E-state index contributed by atoms with van der Waals surface area (Å²) in [7, 11) is 0. The van der Waals surface area contributed by atoms with Gasteiger partial charge in [-0.3, -0.25) is 4.79 Å². The molecule has 0 radical (unpaired) electrons. The summed E-state index contributed by atoms with van der Waals surface area (Å²) in [4.78, 5) is 22.7. The zero-order valence-electron chi connectivity index (χ0n) is 10.8. The van der Waals surface area contributed by atoms with Crippen molar-refractivity contribution in [3.8, 4) is 0 Å². The van der Waals surface area contributed by atoms with Crippen molar-refractivity contribution in [3.63, 3.8) is 0 Å². The zero-order valence-corrected chi connectivity index (χ0v) is 10.8. The molecule has 0 unspecified atom stereocenters. The number of amides is 1. The molecule has 1 aromatic heterocycles. The number of aromatic carboxylic acids is 1. The number of carbonyl (C=O) groups is 2. The van der Waals surface area contributed by atoms with Gasteiger partial charge in [-0.05, 0) is 25.8 Å². The lowest BCUT2D eigenvalue weighted by atomic mass is 9.99. The van der Waals surface area contributed by atoms with E-state index in [0.29, 0.717) is 24.7 Å². The highest BCUT2D eigenvalue weighted by molar-refractivity contribution is 5.88. The number of carbonyl (C=O) groups excluding carboxylic acids is 1. The Morgan fingerprint density at radius 1 is 1.42 bits per heavy atom. The van der Waals surface area contributed by atoms with E-state index in [4.69, 9.17) is 14.3 Å². The minimum Gasteiger partial charge on any atom is -0.478 e. The van der Waals surface area contributed by atoms with E-state index in [0.717, 1.165) is 12.8 Å². The third-order valence-electron chi connectivity index (χ3n) is 3.23. The Kier molecular flexibility index (Phi) is 4.21. The smallest absolute Gasteiger partial charge is 0.339 e. The predicted octanol–water partition coefficient (Wildman–Crippen LogP) is 1.33. The molecule has 2 heterocycles. The lowest BCUT2D eigenvalue weighted by Gasteiger charge is -2.20. The second-order valence-electron chi connectivity index (χ2n) is 4.59. The van der Waals surface area contributed by atoms with Gasteiger partial charge in [0.25, 0.3) is 0 Å². The maximum Gasteiger partial charge on any atom is 0.339 e. The molecule has 2 N–H and O–H groups in total. The van der Waals surface area contributed by atoms with Crippen molar-refractivity contribution in [1.82, 2.24) is 5.32 Å². The first-order valence-corrected chi connectivity index (χ1v) is 6.26. The highest BCUT2D eigenvalue weighted by Gasteiger charge is 2.22. The third kappa shape index (κ3) is 3.35. The Hall–Kier alpha value is -1.82. The van der Waals surface area contributed by atoms with E-state index in [-0.39, 0.29) is 23.9 Å². The van der Waals surface area contributed by atoms with Crippen LogP contribution in [0.3, 0.4) is 0 Å². The molecule has 1 saturated heterocycles. The van der Waals surface area contributed by atoms with Crippen LogP contribution >= 0.6 is 0 Å². The average Bonchev–Trinajstić information content (AvgIpc) is 2.78. The van der Waals surface area contributed by atoms with Crippen molar-refractivity contribution in [1.29, 1.82) is 0 Å². The van der Waals surface area contributed by atoms with Crippen LogP contribution in [0.15, 0.2) is 10.5 Å². The minimum absolute atomic E-state index is 0.0243. The van der Waals surface area contributed by atoms with Gasteiger partial charge in [-0.2, -0.15) is 0 Å². The van der Waals surface area contributed by atoms with E-state index in [1.165, 1.54) is 6.07 Å². The van der Waals surface area contributed by atoms with Crippen molar-refractivity contribution in [2.24, 2.45) is 5.92 Å². The van der Waals surface area contributed by atoms with Crippen LogP contribution in [0, 0.1) is 12.8 Å². The number of rotatable bonds is 4. The quantitative estimate of drug-likeness (QED) is 0.859. The molecule has 0 spiro atoms. The lowest BCUT2D eigenvalue weighted by Crippen LogP contribution is -2.33. The summed E-state index contributed by atoms with van der Waals surface area (Å²) in [6.07, 6.45) is 1.45. The summed E-state index contributed by atoms with van der Waals surface area (Å²) in [6.45, 7) is 3.03. The van der Waals surface area contributed by atoms with Crippen LogP contribution in [-0.2, 0) is 16.1 Å². The Bertz CT molecular complexity index is 473. The fraction of sp³-hybridized carbons (Fsp3) is 0.538. The zero-order chi connectivity index (χ0) is 13.8. The van der Waals surface area contributed by atoms with E-state index in [1.54, 1.807) is 6.92 Å². The van der Waals surface area contributed by atoms with Gasteiger partial charge in [0.15, 0.2) is 0 Å². The van der Waals surface area contributed by atoms with Crippen molar-refractivity contribution < 1.29 is 23.8 Å². The molecule has 0 aromatic carbocycles. The number of hydrogen-bond acceptors (Lipinski definition) is 4. The van der Waals surface area contributed by atoms with Crippen molar-refractivity contribution in [2.45, 2.75) is 26.3 Å². The standard InChI is InChI=1S/C13H17NO5/c1-8-11(13(16)17)6-10(19-8)7-14-12(15)9-2-4-18-5-3-9/h6,9H,2-5,7H2,1H3,(H,14,15)(H,16,17). The van der Waals surface area contributed by atoms with Gasteiger partial charge in [-0.15, -0.1) is 0 Å². The first-order chi connectivity index (χ1) is 9.08. The Morgan fingerprint density at radius 2 is 2.11 bits per heavy atom. The third-order valence-corrected chi connectivity index (χ3v) is 3.23. The van der Waals surface area contributed by atoms with E-state index in [9.17, 15) is 9.59 Å². The first-order valence-electron chi connectivity index (χ1n) is 6.26. The van der Waals surface area contributed by atoms with Gasteiger partial charge in [-0.1, -0.05) is 0 Å². The number of carboxylic acids is 1. The molecule has 0 atom stereocenters. The van der Waals surface area contributed by atoms with Gasteiger partial charge in [0.1, 0.15) is 17.1 Å². The molecular formula is C13H17NO5. The highest BCUT2D eigenvalue weighted by atomic mass is 16.5. The molecule has 0 saturated carbocycles. The fourth-order valence-electron chi connectivity index (χ4n) is 2.12. The molecule has 0 aliphatic carbocycles. The second kappa shape index (κ2) is 5.88.